The van der Waals surface area contributed by atoms with Crippen LogP contribution in [-0.2, 0) is 11.2 Å². The number of aromatic nitrogens is 1. The average Bonchev–Trinajstić information content (AvgIpc) is 2.92. The van der Waals surface area contributed by atoms with Gasteiger partial charge in [0.15, 0.2) is 6.61 Å². The van der Waals surface area contributed by atoms with Gasteiger partial charge in [-0.3, -0.25) is 4.79 Å². The molecule has 1 aliphatic heterocycles. The third-order valence-electron chi connectivity index (χ3n) is 3.36. The molecule has 5 heteroatoms. The number of anilines is 1. The molecule has 0 aliphatic carbocycles. The Hall–Kier alpha value is -1.88. The lowest BCUT2D eigenvalue weighted by Gasteiger charge is -2.26. The minimum atomic E-state index is -0.0281. The molecule has 0 spiro atoms. The number of ether oxygens (including phenoxy) is 1. The molecule has 0 saturated carbocycles. The Labute approximate surface area is 122 Å². The third kappa shape index (κ3) is 2.29. The first-order chi connectivity index (χ1) is 9.69. The second-order valence-electron chi connectivity index (χ2n) is 4.80. The molecule has 104 valence electrons. The van der Waals surface area contributed by atoms with Gasteiger partial charge in [-0.15, -0.1) is 11.3 Å². The van der Waals surface area contributed by atoms with Crippen LogP contribution >= 0.6 is 11.3 Å². The van der Waals surface area contributed by atoms with Gasteiger partial charge in [-0.05, 0) is 31.0 Å². The maximum absolute atomic E-state index is 11.7. The molecule has 0 unspecified atom stereocenters. The molecule has 1 amide bonds. The molecule has 4 nitrogen and oxygen atoms in total. The maximum Gasteiger partial charge on any atom is 0.264 e. The van der Waals surface area contributed by atoms with Crippen LogP contribution in [0.25, 0.3) is 11.3 Å². The standard InChI is InChI=1S/C15H16N2O2S/c1-3-4-14-16-11(9-20-14)10-5-6-13-12(7-10)17(2)15(18)8-19-13/h5-7,9H,3-4,8H2,1-2H3. The van der Waals surface area contributed by atoms with Gasteiger partial charge in [0, 0.05) is 18.0 Å². The molecule has 0 atom stereocenters. The van der Waals surface area contributed by atoms with Crippen molar-refractivity contribution in [3.8, 4) is 17.0 Å². The summed E-state index contributed by atoms with van der Waals surface area (Å²) in [5, 5.41) is 3.22. The van der Waals surface area contributed by atoms with Crippen molar-refractivity contribution in [1.82, 2.24) is 4.98 Å². The Morgan fingerprint density at radius 3 is 3.10 bits per heavy atom. The molecule has 20 heavy (non-hydrogen) atoms. The molecule has 0 N–H and O–H groups in total. The minimum absolute atomic E-state index is 0.0281. The van der Waals surface area contributed by atoms with E-state index in [0.29, 0.717) is 0 Å². The minimum Gasteiger partial charge on any atom is -0.482 e. The fraction of sp³-hybridized carbons (Fsp3) is 0.333. The van der Waals surface area contributed by atoms with Crippen molar-refractivity contribution < 1.29 is 9.53 Å². The number of carbonyl (C=O) groups is 1. The van der Waals surface area contributed by atoms with E-state index >= 15 is 0 Å². The third-order valence-corrected chi connectivity index (χ3v) is 4.27. The van der Waals surface area contributed by atoms with Gasteiger partial charge in [-0.1, -0.05) is 6.92 Å². The first-order valence-electron chi connectivity index (χ1n) is 6.67. The second kappa shape index (κ2) is 5.25. The average molecular weight is 288 g/mol. The van der Waals surface area contributed by atoms with Crippen molar-refractivity contribution in [1.29, 1.82) is 0 Å². The molecule has 1 aromatic carbocycles. The van der Waals surface area contributed by atoms with Crippen LogP contribution in [0.1, 0.15) is 18.4 Å². The zero-order chi connectivity index (χ0) is 14.1. The number of hydrogen-bond acceptors (Lipinski definition) is 4. The van der Waals surface area contributed by atoms with Gasteiger partial charge >= 0.3 is 0 Å². The zero-order valence-electron chi connectivity index (χ0n) is 11.5. The number of aryl methyl sites for hydroxylation is 1. The predicted octanol–water partition coefficient (Wildman–Crippen LogP) is 3.12. The Morgan fingerprint density at radius 1 is 1.45 bits per heavy atom. The molecule has 2 heterocycles. The predicted molar refractivity (Wildman–Crippen MR) is 80.5 cm³/mol. The highest BCUT2D eigenvalue weighted by molar-refractivity contribution is 7.09. The van der Waals surface area contributed by atoms with Crippen LogP contribution in [0.4, 0.5) is 5.69 Å². The molecular formula is C15H16N2O2S. The van der Waals surface area contributed by atoms with E-state index in [1.165, 1.54) is 0 Å². The number of carbonyl (C=O) groups excluding carboxylic acids is 1. The zero-order valence-corrected chi connectivity index (χ0v) is 12.4. The van der Waals surface area contributed by atoms with Crippen molar-refractivity contribution in [3.63, 3.8) is 0 Å². The number of likely N-dealkylation sites (N-methyl/N-ethyl adjacent to an activating group) is 1. The maximum atomic E-state index is 11.7. The summed E-state index contributed by atoms with van der Waals surface area (Å²) in [6.07, 6.45) is 2.11. The molecule has 0 fully saturated rings. The molecule has 2 aromatic rings. The van der Waals surface area contributed by atoms with Gasteiger partial charge in [-0.2, -0.15) is 0 Å². The summed E-state index contributed by atoms with van der Waals surface area (Å²) in [6, 6.07) is 5.87. The van der Waals surface area contributed by atoms with Gasteiger partial charge in [0.2, 0.25) is 0 Å². The number of amides is 1. The number of thiazole rings is 1. The normalized spacial score (nSPS) is 14.1. The van der Waals surface area contributed by atoms with Gasteiger partial charge in [0.25, 0.3) is 5.91 Å². The number of hydrogen-bond donors (Lipinski definition) is 0. The van der Waals surface area contributed by atoms with E-state index in [4.69, 9.17) is 4.74 Å². The van der Waals surface area contributed by atoms with E-state index in [1.54, 1.807) is 23.3 Å². The smallest absolute Gasteiger partial charge is 0.264 e. The van der Waals surface area contributed by atoms with E-state index in [-0.39, 0.29) is 12.5 Å². The number of fused-ring (bicyclic) bond motifs is 1. The second-order valence-corrected chi connectivity index (χ2v) is 5.74. The molecule has 3 rings (SSSR count). The van der Waals surface area contributed by atoms with Crippen LogP contribution in [0.15, 0.2) is 23.6 Å². The Kier molecular flexibility index (Phi) is 3.44. The van der Waals surface area contributed by atoms with Crippen molar-refractivity contribution >= 4 is 22.9 Å². The lowest BCUT2D eigenvalue weighted by atomic mass is 10.1. The molecule has 0 bridgehead atoms. The largest absolute Gasteiger partial charge is 0.482 e. The topological polar surface area (TPSA) is 42.4 Å². The first kappa shape index (κ1) is 13.1. The summed E-state index contributed by atoms with van der Waals surface area (Å²) in [7, 11) is 1.77. The summed E-state index contributed by atoms with van der Waals surface area (Å²) < 4.78 is 5.43. The Morgan fingerprint density at radius 2 is 2.30 bits per heavy atom. The molecule has 1 aliphatic rings. The molecule has 0 saturated heterocycles. The van der Waals surface area contributed by atoms with E-state index in [0.717, 1.165) is 40.5 Å². The van der Waals surface area contributed by atoms with E-state index in [2.05, 4.69) is 17.3 Å². The lowest BCUT2D eigenvalue weighted by molar-refractivity contribution is -0.120. The van der Waals surface area contributed by atoms with Crippen LogP contribution in [0.3, 0.4) is 0 Å². The van der Waals surface area contributed by atoms with Crippen LogP contribution < -0.4 is 9.64 Å². The fourth-order valence-electron chi connectivity index (χ4n) is 2.20. The molecule has 0 radical (unpaired) electrons. The summed E-state index contributed by atoms with van der Waals surface area (Å²) in [4.78, 5) is 18.0. The summed E-state index contributed by atoms with van der Waals surface area (Å²) in [5.74, 6) is 0.722. The summed E-state index contributed by atoms with van der Waals surface area (Å²) in [5.41, 5.74) is 2.80. The number of rotatable bonds is 3. The lowest BCUT2D eigenvalue weighted by Crippen LogP contribution is -2.35. The number of benzene rings is 1. The van der Waals surface area contributed by atoms with Gasteiger partial charge in [-0.25, -0.2) is 4.98 Å². The highest BCUT2D eigenvalue weighted by Crippen LogP contribution is 2.35. The van der Waals surface area contributed by atoms with Crippen molar-refractivity contribution in [3.05, 3.63) is 28.6 Å². The Balaban J connectivity index is 1.96. The van der Waals surface area contributed by atoms with Crippen molar-refractivity contribution in [2.45, 2.75) is 19.8 Å². The first-order valence-corrected chi connectivity index (χ1v) is 7.55. The highest BCUT2D eigenvalue weighted by atomic mass is 32.1. The highest BCUT2D eigenvalue weighted by Gasteiger charge is 2.22. The quantitative estimate of drug-likeness (QED) is 0.871. The number of nitrogens with zero attached hydrogens (tertiary/aromatic N) is 2. The van der Waals surface area contributed by atoms with Crippen LogP contribution in [0.5, 0.6) is 5.75 Å². The van der Waals surface area contributed by atoms with E-state index < -0.39 is 0 Å². The fourth-order valence-corrected chi connectivity index (χ4v) is 3.11. The van der Waals surface area contributed by atoms with Gasteiger partial charge in [0.05, 0.1) is 16.4 Å². The van der Waals surface area contributed by atoms with Crippen LogP contribution in [0, 0.1) is 0 Å². The van der Waals surface area contributed by atoms with Gasteiger partial charge in [0.1, 0.15) is 5.75 Å². The van der Waals surface area contributed by atoms with Crippen molar-refractivity contribution in [2.75, 3.05) is 18.6 Å². The summed E-state index contributed by atoms with van der Waals surface area (Å²) >= 11 is 1.68. The molecular weight excluding hydrogens is 272 g/mol. The molecule has 1 aromatic heterocycles. The summed E-state index contributed by atoms with van der Waals surface area (Å²) in [6.45, 7) is 2.26. The Bertz CT molecular complexity index is 651. The monoisotopic (exact) mass is 288 g/mol. The van der Waals surface area contributed by atoms with Gasteiger partial charge < -0.3 is 9.64 Å². The van der Waals surface area contributed by atoms with Crippen LogP contribution in [-0.4, -0.2) is 24.5 Å². The SMILES string of the molecule is CCCc1nc(-c2ccc3c(c2)N(C)C(=O)CO3)cs1. The van der Waals surface area contributed by atoms with E-state index in [1.807, 2.05) is 18.2 Å². The van der Waals surface area contributed by atoms with E-state index in [9.17, 15) is 4.79 Å². The van der Waals surface area contributed by atoms with Crippen LogP contribution in [0.2, 0.25) is 0 Å². The van der Waals surface area contributed by atoms with Crippen molar-refractivity contribution in [2.24, 2.45) is 0 Å².